The monoisotopic (exact) mass is 308 g/mol. The van der Waals surface area contributed by atoms with Crippen LogP contribution in [0.15, 0.2) is 6.20 Å². The molecule has 0 unspecified atom stereocenters. The third-order valence-electron chi connectivity index (χ3n) is 3.05. The van der Waals surface area contributed by atoms with E-state index in [-0.39, 0.29) is 17.8 Å². The Morgan fingerprint density at radius 1 is 1.52 bits per heavy atom. The molecule has 0 saturated heterocycles. The van der Waals surface area contributed by atoms with Crippen molar-refractivity contribution in [3.8, 4) is 0 Å². The molecule has 0 fully saturated rings. The Morgan fingerprint density at radius 3 is 2.81 bits per heavy atom. The number of rotatable bonds is 5. The predicted molar refractivity (Wildman–Crippen MR) is 84.4 cm³/mol. The fourth-order valence-electron chi connectivity index (χ4n) is 1.78. The molecule has 0 bridgehead atoms. The average Bonchev–Trinajstić information content (AvgIpc) is 2.91. The molecular weight excluding hydrogens is 288 g/mol. The van der Waals surface area contributed by atoms with Crippen LogP contribution in [0, 0.1) is 6.92 Å². The number of aryl methyl sites for hydroxylation is 1. The fourth-order valence-corrected chi connectivity index (χ4v) is 2.72. The van der Waals surface area contributed by atoms with Gasteiger partial charge in [0.05, 0.1) is 6.20 Å². The number of nitrogen functional groups attached to an aromatic ring is 1. The summed E-state index contributed by atoms with van der Waals surface area (Å²) in [7, 11) is 1.87. The molecule has 0 aliphatic rings. The molecule has 0 radical (unpaired) electrons. The minimum Gasteiger partial charge on any atom is -0.382 e. The second-order valence-electron chi connectivity index (χ2n) is 5.09. The van der Waals surface area contributed by atoms with Gasteiger partial charge in [0.15, 0.2) is 5.13 Å². The van der Waals surface area contributed by atoms with Crippen LogP contribution in [-0.2, 0) is 13.6 Å². The summed E-state index contributed by atoms with van der Waals surface area (Å²) in [6.45, 7) is 6.38. The van der Waals surface area contributed by atoms with Gasteiger partial charge in [-0.05, 0) is 20.8 Å². The lowest BCUT2D eigenvalue weighted by molar-refractivity contribution is 0.0955. The first kappa shape index (κ1) is 15.3. The van der Waals surface area contributed by atoms with Gasteiger partial charge < -0.3 is 16.4 Å². The van der Waals surface area contributed by atoms with E-state index in [1.165, 1.54) is 11.3 Å². The van der Waals surface area contributed by atoms with Crippen molar-refractivity contribution in [2.24, 2.45) is 7.05 Å². The van der Waals surface area contributed by atoms with Crippen LogP contribution < -0.4 is 16.4 Å². The Bertz CT molecular complexity index is 645. The van der Waals surface area contributed by atoms with Crippen molar-refractivity contribution in [1.29, 1.82) is 0 Å². The summed E-state index contributed by atoms with van der Waals surface area (Å²) in [5.74, 6) is 0.0358. The van der Waals surface area contributed by atoms with Gasteiger partial charge in [0.1, 0.15) is 10.7 Å². The highest BCUT2D eigenvalue weighted by Gasteiger charge is 2.17. The summed E-state index contributed by atoms with van der Waals surface area (Å²) in [5.41, 5.74) is 7.81. The number of thiazole rings is 1. The van der Waals surface area contributed by atoms with E-state index in [1.807, 2.05) is 27.8 Å². The highest BCUT2D eigenvalue weighted by molar-refractivity contribution is 7.18. The van der Waals surface area contributed by atoms with E-state index in [0.29, 0.717) is 16.6 Å². The third kappa shape index (κ3) is 3.52. The van der Waals surface area contributed by atoms with Gasteiger partial charge in [-0.3, -0.25) is 9.48 Å². The zero-order chi connectivity index (χ0) is 15.6. The first-order valence-corrected chi connectivity index (χ1v) is 7.48. The summed E-state index contributed by atoms with van der Waals surface area (Å²) >= 11 is 1.26. The topological polar surface area (TPSA) is 97.9 Å². The average molecular weight is 308 g/mol. The normalized spacial score (nSPS) is 10.9. The van der Waals surface area contributed by atoms with Crippen LogP contribution >= 0.6 is 11.3 Å². The number of amides is 1. The van der Waals surface area contributed by atoms with Crippen LogP contribution in [-0.4, -0.2) is 26.7 Å². The van der Waals surface area contributed by atoms with Gasteiger partial charge in [-0.2, -0.15) is 5.10 Å². The fraction of sp³-hybridized carbons (Fsp3) is 0.462. The van der Waals surface area contributed by atoms with Gasteiger partial charge in [-0.1, -0.05) is 11.3 Å². The summed E-state index contributed by atoms with van der Waals surface area (Å²) in [6, 6.07) is 0.240. The lowest BCUT2D eigenvalue weighted by Gasteiger charge is -2.04. The molecule has 0 aliphatic carbocycles. The second kappa shape index (κ2) is 6.13. The molecule has 0 aliphatic heterocycles. The number of anilines is 2. The Kier molecular flexibility index (Phi) is 4.46. The van der Waals surface area contributed by atoms with E-state index in [1.54, 1.807) is 10.9 Å². The van der Waals surface area contributed by atoms with Crippen molar-refractivity contribution in [3.63, 3.8) is 0 Å². The molecule has 2 rings (SSSR count). The van der Waals surface area contributed by atoms with Gasteiger partial charge in [-0.15, -0.1) is 0 Å². The minimum atomic E-state index is -0.218. The largest absolute Gasteiger partial charge is 0.382 e. The van der Waals surface area contributed by atoms with Crippen molar-refractivity contribution >= 4 is 28.2 Å². The second-order valence-corrected chi connectivity index (χ2v) is 6.09. The molecule has 0 atom stereocenters. The number of carbonyl (C=O) groups excluding carboxylic acids is 1. The van der Waals surface area contributed by atoms with Gasteiger partial charge in [-0.25, -0.2) is 4.98 Å². The Hall–Kier alpha value is -2.09. The molecule has 2 aromatic heterocycles. The summed E-state index contributed by atoms with van der Waals surface area (Å²) in [5, 5.41) is 10.8. The molecule has 1 amide bonds. The van der Waals surface area contributed by atoms with E-state index in [0.717, 1.165) is 11.3 Å². The summed E-state index contributed by atoms with van der Waals surface area (Å²) in [6.07, 6.45) is 1.75. The van der Waals surface area contributed by atoms with Crippen molar-refractivity contribution in [3.05, 3.63) is 22.3 Å². The van der Waals surface area contributed by atoms with Gasteiger partial charge in [0, 0.05) is 30.9 Å². The molecule has 4 N–H and O–H groups in total. The Morgan fingerprint density at radius 2 is 2.24 bits per heavy atom. The van der Waals surface area contributed by atoms with Crippen LogP contribution in [0.1, 0.15) is 34.8 Å². The maximum atomic E-state index is 12.2. The number of nitrogens with two attached hydrogens (primary N) is 1. The number of carbonyl (C=O) groups is 1. The predicted octanol–water partition coefficient (Wildman–Crippen LogP) is 1.52. The maximum absolute atomic E-state index is 12.2. The molecule has 7 nitrogen and oxygen atoms in total. The van der Waals surface area contributed by atoms with E-state index in [4.69, 9.17) is 5.73 Å². The number of hydrogen-bond donors (Lipinski definition) is 3. The van der Waals surface area contributed by atoms with Gasteiger partial charge in [0.2, 0.25) is 0 Å². The number of hydrogen-bond acceptors (Lipinski definition) is 6. The van der Waals surface area contributed by atoms with Crippen molar-refractivity contribution in [2.75, 3.05) is 11.1 Å². The number of nitrogens with zero attached hydrogens (tertiary/aromatic N) is 3. The molecule has 8 heteroatoms. The zero-order valence-electron chi connectivity index (χ0n) is 12.6. The summed E-state index contributed by atoms with van der Waals surface area (Å²) < 4.78 is 1.77. The first-order valence-electron chi connectivity index (χ1n) is 6.67. The third-order valence-corrected chi connectivity index (χ3v) is 4.05. The first-order chi connectivity index (χ1) is 9.88. The lowest BCUT2D eigenvalue weighted by atomic mass is 10.2. The van der Waals surface area contributed by atoms with Crippen LogP contribution in [0.5, 0.6) is 0 Å². The minimum absolute atomic E-state index is 0.218. The molecule has 0 saturated carbocycles. The van der Waals surface area contributed by atoms with Crippen LogP contribution in [0.4, 0.5) is 10.9 Å². The standard InChI is InChI=1S/C13H20N6OS/c1-7(2)17-13-18-11(14)10(21-13)12(20)15-5-9-6-16-19(4)8(9)3/h6-7H,5,14H2,1-4H3,(H,15,20)(H,17,18). The lowest BCUT2D eigenvalue weighted by Crippen LogP contribution is -2.23. The van der Waals surface area contributed by atoms with E-state index in [2.05, 4.69) is 20.7 Å². The Labute approximate surface area is 127 Å². The molecule has 2 heterocycles. The molecule has 2 aromatic rings. The zero-order valence-corrected chi connectivity index (χ0v) is 13.4. The highest BCUT2D eigenvalue weighted by Crippen LogP contribution is 2.25. The molecule has 114 valence electrons. The summed E-state index contributed by atoms with van der Waals surface area (Å²) in [4.78, 5) is 16.8. The van der Waals surface area contributed by atoms with Crippen molar-refractivity contribution in [1.82, 2.24) is 20.1 Å². The Balaban J connectivity index is 2.03. The van der Waals surface area contributed by atoms with Crippen molar-refractivity contribution < 1.29 is 4.79 Å². The van der Waals surface area contributed by atoms with Crippen LogP contribution in [0.2, 0.25) is 0 Å². The smallest absolute Gasteiger partial charge is 0.265 e. The van der Waals surface area contributed by atoms with Crippen LogP contribution in [0.25, 0.3) is 0 Å². The molecule has 0 aromatic carbocycles. The van der Waals surface area contributed by atoms with Gasteiger partial charge >= 0.3 is 0 Å². The van der Waals surface area contributed by atoms with E-state index < -0.39 is 0 Å². The highest BCUT2D eigenvalue weighted by atomic mass is 32.1. The quantitative estimate of drug-likeness (QED) is 0.778. The van der Waals surface area contributed by atoms with E-state index >= 15 is 0 Å². The van der Waals surface area contributed by atoms with E-state index in [9.17, 15) is 4.79 Å². The SMILES string of the molecule is Cc1c(CNC(=O)c2sc(NC(C)C)nc2N)cnn1C. The maximum Gasteiger partial charge on any atom is 0.265 e. The number of aromatic nitrogens is 3. The number of nitrogens with one attached hydrogen (secondary N) is 2. The van der Waals surface area contributed by atoms with Gasteiger partial charge in [0.25, 0.3) is 5.91 Å². The molecule has 21 heavy (non-hydrogen) atoms. The van der Waals surface area contributed by atoms with Crippen molar-refractivity contribution in [2.45, 2.75) is 33.4 Å². The molecule has 0 spiro atoms. The molecular formula is C13H20N6OS. The van der Waals surface area contributed by atoms with Crippen LogP contribution in [0.3, 0.4) is 0 Å².